The largest absolute Gasteiger partial charge is 0.494 e. The second-order valence-electron chi connectivity index (χ2n) is 5.13. The van der Waals surface area contributed by atoms with Gasteiger partial charge in [-0.25, -0.2) is 4.39 Å². The van der Waals surface area contributed by atoms with Gasteiger partial charge in [-0.15, -0.1) is 0 Å². The van der Waals surface area contributed by atoms with Crippen LogP contribution in [-0.4, -0.2) is 23.6 Å². The van der Waals surface area contributed by atoms with Crippen molar-refractivity contribution >= 4 is 11.9 Å². The molecular weight excluding hydrogens is 313 g/mol. The molecule has 0 aromatic heterocycles. The van der Waals surface area contributed by atoms with Gasteiger partial charge in [-0.2, -0.15) is 0 Å². The van der Waals surface area contributed by atoms with Crippen LogP contribution in [0.25, 0.3) is 0 Å². The highest BCUT2D eigenvalue weighted by Gasteiger charge is 2.19. The van der Waals surface area contributed by atoms with Gasteiger partial charge in [-0.3, -0.25) is 9.59 Å². The molecule has 2 rings (SSSR count). The number of benzene rings is 2. The number of ether oxygens (including phenoxy) is 1. The van der Waals surface area contributed by atoms with Crippen molar-refractivity contribution in [3.8, 4) is 5.75 Å². The summed E-state index contributed by atoms with van der Waals surface area (Å²) in [5.41, 5.74) is 0.911. The van der Waals surface area contributed by atoms with Gasteiger partial charge in [0.15, 0.2) is 0 Å². The highest BCUT2D eigenvalue weighted by atomic mass is 19.1. The van der Waals surface area contributed by atoms with Crippen molar-refractivity contribution < 1.29 is 23.8 Å². The number of hydrogen-bond donors (Lipinski definition) is 2. The Morgan fingerprint density at radius 1 is 1.12 bits per heavy atom. The Labute approximate surface area is 139 Å². The molecule has 2 aromatic carbocycles. The second-order valence-corrected chi connectivity index (χ2v) is 5.13. The molecule has 1 atom stereocenters. The van der Waals surface area contributed by atoms with E-state index in [0.29, 0.717) is 17.9 Å². The van der Waals surface area contributed by atoms with Crippen molar-refractivity contribution in [2.45, 2.75) is 19.4 Å². The van der Waals surface area contributed by atoms with Crippen LogP contribution in [0, 0.1) is 5.82 Å². The SMILES string of the molecule is CCOc1ccc([C@H](CC(=O)O)NC(=O)c2ccc(F)cc2)cc1. The molecule has 0 saturated heterocycles. The number of aliphatic carboxylic acids is 1. The fourth-order valence-corrected chi connectivity index (χ4v) is 2.23. The summed E-state index contributed by atoms with van der Waals surface area (Å²) in [6.45, 7) is 2.39. The number of nitrogens with one attached hydrogen (secondary N) is 1. The molecule has 0 heterocycles. The summed E-state index contributed by atoms with van der Waals surface area (Å²) in [5, 5.41) is 11.7. The average Bonchev–Trinajstić information content (AvgIpc) is 2.55. The fourth-order valence-electron chi connectivity index (χ4n) is 2.23. The number of carbonyl (C=O) groups excluding carboxylic acids is 1. The minimum atomic E-state index is -1.03. The molecule has 2 N–H and O–H groups in total. The fraction of sp³-hybridized carbons (Fsp3) is 0.222. The maximum absolute atomic E-state index is 12.9. The topological polar surface area (TPSA) is 75.6 Å². The standard InChI is InChI=1S/C18H18FNO4/c1-2-24-15-9-5-12(6-10-15)16(11-17(21)22)20-18(23)13-3-7-14(19)8-4-13/h3-10,16H,2,11H2,1H3,(H,20,23)(H,21,22)/t16-/m0/s1. The Hall–Kier alpha value is -2.89. The molecular formula is C18H18FNO4. The molecule has 0 aliphatic heterocycles. The summed E-state index contributed by atoms with van der Waals surface area (Å²) in [6.07, 6.45) is -0.263. The van der Waals surface area contributed by atoms with Crippen molar-refractivity contribution in [1.82, 2.24) is 5.32 Å². The van der Waals surface area contributed by atoms with Crippen LogP contribution in [0.5, 0.6) is 5.75 Å². The summed E-state index contributed by atoms with van der Waals surface area (Å²) in [4.78, 5) is 23.3. The van der Waals surface area contributed by atoms with Crippen LogP contribution >= 0.6 is 0 Å². The van der Waals surface area contributed by atoms with Crippen LogP contribution in [0.4, 0.5) is 4.39 Å². The molecule has 0 spiro atoms. The van der Waals surface area contributed by atoms with Gasteiger partial charge in [0, 0.05) is 5.56 Å². The van der Waals surface area contributed by atoms with Crippen LogP contribution in [0.2, 0.25) is 0 Å². The summed E-state index contributed by atoms with van der Waals surface area (Å²) < 4.78 is 18.3. The van der Waals surface area contributed by atoms with E-state index in [1.54, 1.807) is 24.3 Å². The summed E-state index contributed by atoms with van der Waals surface area (Å²) in [7, 11) is 0. The van der Waals surface area contributed by atoms with Crippen LogP contribution in [0.3, 0.4) is 0 Å². The predicted octanol–water partition coefficient (Wildman–Crippen LogP) is 3.17. The van der Waals surface area contributed by atoms with Gasteiger partial charge in [-0.05, 0) is 48.9 Å². The Balaban J connectivity index is 2.16. The first kappa shape index (κ1) is 17.5. The van der Waals surface area contributed by atoms with Crippen LogP contribution in [0.15, 0.2) is 48.5 Å². The van der Waals surface area contributed by atoms with E-state index in [2.05, 4.69) is 5.32 Å². The molecule has 0 fully saturated rings. The quantitative estimate of drug-likeness (QED) is 0.817. The highest BCUT2D eigenvalue weighted by molar-refractivity contribution is 5.94. The van der Waals surface area contributed by atoms with Crippen LogP contribution in [0.1, 0.15) is 35.3 Å². The van der Waals surface area contributed by atoms with E-state index in [-0.39, 0.29) is 12.0 Å². The number of hydrogen-bond acceptors (Lipinski definition) is 3. The average molecular weight is 331 g/mol. The highest BCUT2D eigenvalue weighted by Crippen LogP contribution is 2.21. The molecule has 6 heteroatoms. The van der Waals surface area contributed by atoms with Gasteiger partial charge in [0.05, 0.1) is 19.1 Å². The zero-order valence-corrected chi connectivity index (χ0v) is 13.2. The Bertz CT molecular complexity index is 698. The predicted molar refractivity (Wildman–Crippen MR) is 86.5 cm³/mol. The number of amides is 1. The van der Waals surface area contributed by atoms with E-state index >= 15 is 0 Å². The lowest BCUT2D eigenvalue weighted by Gasteiger charge is -2.18. The van der Waals surface area contributed by atoms with Crippen molar-refractivity contribution in [3.05, 3.63) is 65.5 Å². The summed E-state index contributed by atoms with van der Waals surface area (Å²) in [5.74, 6) is -1.27. The van der Waals surface area contributed by atoms with Crippen LogP contribution < -0.4 is 10.1 Å². The molecule has 0 unspecified atom stereocenters. The van der Waals surface area contributed by atoms with Crippen molar-refractivity contribution in [3.63, 3.8) is 0 Å². The monoisotopic (exact) mass is 331 g/mol. The number of carboxylic acids is 1. The molecule has 1 amide bonds. The third-order valence-corrected chi connectivity index (χ3v) is 3.38. The van der Waals surface area contributed by atoms with Crippen molar-refractivity contribution in [2.24, 2.45) is 0 Å². The Morgan fingerprint density at radius 3 is 2.29 bits per heavy atom. The first-order valence-corrected chi connectivity index (χ1v) is 7.50. The Morgan fingerprint density at radius 2 is 1.75 bits per heavy atom. The second kappa shape index (κ2) is 8.10. The molecule has 0 aliphatic rings. The normalized spacial score (nSPS) is 11.6. The van der Waals surface area contributed by atoms with Gasteiger partial charge in [0.1, 0.15) is 11.6 Å². The number of rotatable bonds is 7. The lowest BCUT2D eigenvalue weighted by atomic mass is 10.0. The van der Waals surface area contributed by atoms with E-state index in [9.17, 15) is 14.0 Å². The Kier molecular flexibility index (Phi) is 5.89. The van der Waals surface area contributed by atoms with E-state index in [4.69, 9.17) is 9.84 Å². The smallest absolute Gasteiger partial charge is 0.305 e. The maximum atomic E-state index is 12.9. The van der Waals surface area contributed by atoms with Gasteiger partial charge < -0.3 is 15.2 Å². The molecule has 0 saturated carbocycles. The van der Waals surface area contributed by atoms with Gasteiger partial charge in [0.25, 0.3) is 5.91 Å². The molecule has 0 aliphatic carbocycles. The van der Waals surface area contributed by atoms with E-state index in [0.717, 1.165) is 0 Å². The van der Waals surface area contributed by atoms with Crippen molar-refractivity contribution in [1.29, 1.82) is 0 Å². The minimum Gasteiger partial charge on any atom is -0.494 e. The molecule has 0 bridgehead atoms. The molecule has 0 radical (unpaired) electrons. The van der Waals surface area contributed by atoms with Gasteiger partial charge >= 0.3 is 5.97 Å². The number of carbonyl (C=O) groups is 2. The van der Waals surface area contributed by atoms with Crippen molar-refractivity contribution in [2.75, 3.05) is 6.61 Å². The van der Waals surface area contributed by atoms with Crippen LogP contribution in [-0.2, 0) is 4.79 Å². The first-order valence-electron chi connectivity index (χ1n) is 7.50. The molecule has 5 nitrogen and oxygen atoms in total. The zero-order chi connectivity index (χ0) is 17.5. The first-order chi connectivity index (χ1) is 11.5. The molecule has 126 valence electrons. The zero-order valence-electron chi connectivity index (χ0n) is 13.2. The number of halogens is 1. The maximum Gasteiger partial charge on any atom is 0.305 e. The van der Waals surface area contributed by atoms with E-state index in [1.807, 2.05) is 6.92 Å². The van der Waals surface area contributed by atoms with E-state index < -0.39 is 23.7 Å². The lowest BCUT2D eigenvalue weighted by Crippen LogP contribution is -2.30. The number of carboxylic acid groups (broad SMARTS) is 1. The third kappa shape index (κ3) is 4.81. The summed E-state index contributed by atoms with van der Waals surface area (Å²) in [6, 6.07) is 11.2. The minimum absolute atomic E-state index is 0.262. The molecule has 2 aromatic rings. The van der Waals surface area contributed by atoms with E-state index in [1.165, 1.54) is 24.3 Å². The van der Waals surface area contributed by atoms with Gasteiger partial charge in [0.2, 0.25) is 0 Å². The summed E-state index contributed by atoms with van der Waals surface area (Å²) >= 11 is 0. The molecule has 24 heavy (non-hydrogen) atoms. The lowest BCUT2D eigenvalue weighted by molar-refractivity contribution is -0.137. The third-order valence-electron chi connectivity index (χ3n) is 3.38. The van der Waals surface area contributed by atoms with Gasteiger partial charge in [-0.1, -0.05) is 12.1 Å².